The molecule has 0 radical (unpaired) electrons. The quantitative estimate of drug-likeness (QED) is 0.770. The van der Waals surface area contributed by atoms with Crippen molar-refractivity contribution >= 4 is 5.78 Å². The highest BCUT2D eigenvalue weighted by atomic mass is 16.1. The summed E-state index contributed by atoms with van der Waals surface area (Å²) in [6.07, 6.45) is 1.59. The van der Waals surface area contributed by atoms with Gasteiger partial charge in [-0.05, 0) is 25.1 Å². The van der Waals surface area contributed by atoms with Gasteiger partial charge in [0.2, 0.25) is 0 Å². The fourth-order valence-corrected chi connectivity index (χ4v) is 1.77. The van der Waals surface area contributed by atoms with Crippen LogP contribution < -0.4 is 0 Å². The summed E-state index contributed by atoms with van der Waals surface area (Å²) < 4.78 is 0. The Balaban J connectivity index is 2.36. The van der Waals surface area contributed by atoms with Gasteiger partial charge in [-0.1, -0.05) is 29.8 Å². The summed E-state index contributed by atoms with van der Waals surface area (Å²) in [5, 5.41) is 9.17. The number of ketones is 1. The minimum absolute atomic E-state index is 0.208. The van der Waals surface area contributed by atoms with Crippen LogP contribution in [0.3, 0.4) is 0 Å². The standard InChI is InChI=1S/C15H12N2O/c1-11-5-4-6-12(9-11)15(18)13(10-16)14-7-2-3-8-17-14/h2-9,13H,1H3. The van der Waals surface area contributed by atoms with Crippen molar-refractivity contribution in [3.8, 4) is 6.07 Å². The fraction of sp³-hybridized carbons (Fsp3) is 0.133. The Morgan fingerprint density at radius 2 is 2.11 bits per heavy atom. The van der Waals surface area contributed by atoms with Crippen molar-refractivity contribution < 1.29 is 4.79 Å². The molecular weight excluding hydrogens is 224 g/mol. The molecule has 0 amide bonds. The summed E-state index contributed by atoms with van der Waals surface area (Å²) in [7, 11) is 0. The molecule has 1 heterocycles. The number of aromatic nitrogens is 1. The largest absolute Gasteiger partial charge is 0.292 e. The highest BCUT2D eigenvalue weighted by Crippen LogP contribution is 2.18. The maximum absolute atomic E-state index is 12.3. The normalized spacial score (nSPS) is 11.6. The first kappa shape index (κ1) is 12.0. The van der Waals surface area contributed by atoms with E-state index in [1.165, 1.54) is 0 Å². The molecule has 1 unspecified atom stereocenters. The molecule has 1 aromatic heterocycles. The van der Waals surface area contributed by atoms with Crippen LogP contribution >= 0.6 is 0 Å². The highest BCUT2D eigenvalue weighted by molar-refractivity contribution is 6.02. The third-order valence-corrected chi connectivity index (χ3v) is 2.68. The van der Waals surface area contributed by atoms with Crippen LogP contribution in [0.15, 0.2) is 48.7 Å². The zero-order chi connectivity index (χ0) is 13.0. The Morgan fingerprint density at radius 3 is 2.72 bits per heavy atom. The monoisotopic (exact) mass is 236 g/mol. The predicted octanol–water partition coefficient (Wildman–Crippen LogP) is 2.88. The van der Waals surface area contributed by atoms with Crippen LogP contribution in [0.25, 0.3) is 0 Å². The van der Waals surface area contributed by atoms with Crippen molar-refractivity contribution in [3.05, 3.63) is 65.5 Å². The van der Waals surface area contributed by atoms with Crippen molar-refractivity contribution in [1.29, 1.82) is 5.26 Å². The van der Waals surface area contributed by atoms with E-state index in [9.17, 15) is 4.79 Å². The number of hydrogen-bond donors (Lipinski definition) is 0. The van der Waals surface area contributed by atoms with Gasteiger partial charge in [0.15, 0.2) is 11.7 Å². The lowest BCUT2D eigenvalue weighted by molar-refractivity contribution is 0.0977. The van der Waals surface area contributed by atoms with Gasteiger partial charge in [-0.25, -0.2) is 0 Å². The summed E-state index contributed by atoms with van der Waals surface area (Å²) >= 11 is 0. The molecule has 0 aliphatic rings. The number of Topliss-reactive ketones (excluding diaryl/α,β-unsaturated/α-hetero) is 1. The van der Waals surface area contributed by atoms with Crippen molar-refractivity contribution in [2.45, 2.75) is 12.8 Å². The third kappa shape index (κ3) is 2.44. The molecule has 0 bridgehead atoms. The number of nitriles is 1. The highest BCUT2D eigenvalue weighted by Gasteiger charge is 2.22. The smallest absolute Gasteiger partial charge is 0.186 e. The zero-order valence-corrected chi connectivity index (χ0v) is 10.00. The molecule has 2 aromatic rings. The molecule has 88 valence electrons. The van der Waals surface area contributed by atoms with E-state index >= 15 is 0 Å². The molecule has 3 heteroatoms. The van der Waals surface area contributed by atoms with E-state index in [2.05, 4.69) is 4.98 Å². The first-order valence-electron chi connectivity index (χ1n) is 5.64. The number of carbonyl (C=O) groups is 1. The van der Waals surface area contributed by atoms with Crippen LogP contribution in [0, 0.1) is 18.3 Å². The van der Waals surface area contributed by atoms with Crippen LogP contribution in [-0.2, 0) is 0 Å². The molecule has 2 rings (SSSR count). The van der Waals surface area contributed by atoms with E-state index in [0.717, 1.165) is 5.56 Å². The molecule has 0 fully saturated rings. The molecular formula is C15H12N2O. The molecule has 0 spiro atoms. The summed E-state index contributed by atoms with van der Waals surface area (Å²) in [6, 6.07) is 14.5. The Kier molecular flexibility index (Phi) is 3.49. The van der Waals surface area contributed by atoms with E-state index in [0.29, 0.717) is 11.3 Å². The van der Waals surface area contributed by atoms with Gasteiger partial charge in [0, 0.05) is 11.8 Å². The molecule has 3 nitrogen and oxygen atoms in total. The third-order valence-electron chi connectivity index (χ3n) is 2.68. The maximum Gasteiger partial charge on any atom is 0.186 e. The average Bonchev–Trinajstić information content (AvgIpc) is 2.41. The summed E-state index contributed by atoms with van der Waals surface area (Å²) in [4.78, 5) is 16.3. The number of aryl methyl sites for hydroxylation is 1. The van der Waals surface area contributed by atoms with Crippen molar-refractivity contribution in [1.82, 2.24) is 4.98 Å². The minimum Gasteiger partial charge on any atom is -0.292 e. The summed E-state index contributed by atoms with van der Waals surface area (Å²) in [6.45, 7) is 1.92. The Hall–Kier alpha value is -2.47. The number of pyridine rings is 1. The number of benzene rings is 1. The van der Waals surface area contributed by atoms with Gasteiger partial charge in [0.05, 0.1) is 11.8 Å². The van der Waals surface area contributed by atoms with Crippen molar-refractivity contribution in [2.75, 3.05) is 0 Å². The van der Waals surface area contributed by atoms with Crippen LogP contribution in [0.1, 0.15) is 27.5 Å². The zero-order valence-electron chi connectivity index (χ0n) is 10.00. The number of carbonyl (C=O) groups excluding carboxylic acids is 1. The number of rotatable bonds is 3. The topological polar surface area (TPSA) is 53.8 Å². The van der Waals surface area contributed by atoms with Crippen molar-refractivity contribution in [2.24, 2.45) is 0 Å². The Labute approximate surface area is 106 Å². The van der Waals surface area contributed by atoms with Crippen LogP contribution in [-0.4, -0.2) is 10.8 Å². The molecule has 1 atom stereocenters. The lowest BCUT2D eigenvalue weighted by Crippen LogP contribution is -2.12. The van der Waals surface area contributed by atoms with Gasteiger partial charge in [0.1, 0.15) is 0 Å². The SMILES string of the molecule is Cc1cccc(C(=O)C(C#N)c2ccccn2)c1. The van der Waals surface area contributed by atoms with Gasteiger partial charge in [-0.15, -0.1) is 0 Å². The molecule has 1 aromatic carbocycles. The summed E-state index contributed by atoms with van der Waals surface area (Å²) in [5.41, 5.74) is 2.04. The van der Waals surface area contributed by atoms with Crippen LogP contribution in [0.2, 0.25) is 0 Å². The second-order valence-corrected chi connectivity index (χ2v) is 4.05. The van der Waals surface area contributed by atoms with E-state index < -0.39 is 5.92 Å². The van der Waals surface area contributed by atoms with Gasteiger partial charge in [0.25, 0.3) is 0 Å². The minimum atomic E-state index is -0.840. The second-order valence-electron chi connectivity index (χ2n) is 4.05. The first-order valence-corrected chi connectivity index (χ1v) is 5.64. The molecule has 18 heavy (non-hydrogen) atoms. The maximum atomic E-state index is 12.3. The van der Waals surface area contributed by atoms with Gasteiger partial charge in [-0.2, -0.15) is 5.26 Å². The van der Waals surface area contributed by atoms with E-state index in [-0.39, 0.29) is 5.78 Å². The Bertz CT molecular complexity index is 599. The molecule has 0 N–H and O–H groups in total. The van der Waals surface area contributed by atoms with Gasteiger partial charge < -0.3 is 0 Å². The average molecular weight is 236 g/mol. The second kappa shape index (κ2) is 5.24. The van der Waals surface area contributed by atoms with E-state index in [1.54, 1.807) is 36.5 Å². The lowest BCUT2D eigenvalue weighted by atomic mass is 9.94. The van der Waals surface area contributed by atoms with Gasteiger partial charge >= 0.3 is 0 Å². The van der Waals surface area contributed by atoms with Crippen molar-refractivity contribution in [3.63, 3.8) is 0 Å². The molecule has 0 aliphatic carbocycles. The predicted molar refractivity (Wildman–Crippen MR) is 68.1 cm³/mol. The van der Waals surface area contributed by atoms with E-state index in [1.807, 2.05) is 25.1 Å². The van der Waals surface area contributed by atoms with Crippen LogP contribution in [0.5, 0.6) is 0 Å². The first-order chi connectivity index (χ1) is 8.72. The molecule has 0 saturated heterocycles. The van der Waals surface area contributed by atoms with Crippen LogP contribution in [0.4, 0.5) is 0 Å². The van der Waals surface area contributed by atoms with E-state index in [4.69, 9.17) is 5.26 Å². The Morgan fingerprint density at radius 1 is 1.28 bits per heavy atom. The number of hydrogen-bond acceptors (Lipinski definition) is 3. The molecule has 0 saturated carbocycles. The summed E-state index contributed by atoms with van der Waals surface area (Å²) in [5.74, 6) is -1.05. The number of nitrogens with zero attached hydrogens (tertiary/aromatic N) is 2. The van der Waals surface area contributed by atoms with Gasteiger partial charge in [-0.3, -0.25) is 9.78 Å². The fourth-order valence-electron chi connectivity index (χ4n) is 1.77. The lowest BCUT2D eigenvalue weighted by Gasteiger charge is -2.07. The molecule has 0 aliphatic heterocycles.